The van der Waals surface area contributed by atoms with Gasteiger partial charge in [-0.3, -0.25) is 0 Å². The van der Waals surface area contributed by atoms with Crippen LogP contribution in [0.1, 0.15) is 69.2 Å². The predicted octanol–water partition coefficient (Wildman–Crippen LogP) is -6.72. The molecule has 0 aromatic carbocycles. The molecule has 0 aliphatic carbocycles. The van der Waals surface area contributed by atoms with Gasteiger partial charge in [0.05, 0.1) is 0 Å². The van der Waals surface area contributed by atoms with E-state index in [0.29, 0.717) is 0 Å². The SMILES string of the molecule is CC[O-].CC[O-].CC[O-].CC[O-].CC[O-].CC[O-].CC[O-].CC[O-].CC[O-].CC[O-].[Hf+4].[Mg+2].[Ti+4]. The Labute approximate surface area is 255 Å². The molecule has 0 rings (SSSR count). The van der Waals surface area contributed by atoms with Crippen molar-refractivity contribution >= 4 is 23.1 Å². The minimum Gasteiger partial charge on any atom is -0.855 e. The number of hydrogen-bond acceptors (Lipinski definition) is 10. The van der Waals surface area contributed by atoms with Crippen LogP contribution in [0, 0.1) is 0 Å². The third kappa shape index (κ3) is 9110. The molecule has 0 unspecified atom stereocenters. The molecule has 0 spiro atoms. The van der Waals surface area contributed by atoms with E-state index in [9.17, 15) is 0 Å². The van der Waals surface area contributed by atoms with Crippen molar-refractivity contribution in [2.75, 3.05) is 66.1 Å². The monoisotopic (exact) mass is 702 g/mol. The average molecular weight is 701 g/mol. The summed E-state index contributed by atoms with van der Waals surface area (Å²) in [6.45, 7) is 15.7. The molecule has 10 nitrogen and oxygen atoms in total. The fourth-order valence-corrected chi connectivity index (χ4v) is 0. The Morgan fingerprint density at radius 2 is 0.273 bits per heavy atom. The molecule has 0 atom stereocenters. The first kappa shape index (κ1) is 83.6. The standard InChI is InChI=1S/10C2H5O.Hf.Mg.Ti/c10*1-2-3;;;/h10*2H2,1H3;;;/q10*-1;+4;+2;+4. The molecule has 0 saturated carbocycles. The average Bonchev–Trinajstić information content (AvgIpc) is 2.61. The maximum absolute atomic E-state index is 8.93. The minimum atomic E-state index is 0. The van der Waals surface area contributed by atoms with Crippen LogP contribution in [0.15, 0.2) is 0 Å². The second-order valence-corrected chi connectivity index (χ2v) is 2.89. The van der Waals surface area contributed by atoms with Gasteiger partial charge in [0, 0.05) is 0 Å². The van der Waals surface area contributed by atoms with Gasteiger partial charge in [-0.05, 0) is 0 Å². The van der Waals surface area contributed by atoms with Gasteiger partial charge in [-0.15, -0.1) is 66.1 Å². The van der Waals surface area contributed by atoms with Crippen LogP contribution in [-0.4, -0.2) is 89.1 Å². The molecule has 0 aromatic heterocycles. The summed E-state index contributed by atoms with van der Waals surface area (Å²) < 4.78 is 0. The summed E-state index contributed by atoms with van der Waals surface area (Å²) >= 11 is 0. The van der Waals surface area contributed by atoms with E-state index in [2.05, 4.69) is 0 Å². The van der Waals surface area contributed by atoms with Crippen molar-refractivity contribution in [2.45, 2.75) is 69.2 Å². The van der Waals surface area contributed by atoms with Crippen LogP contribution in [-0.2, 0) is 47.6 Å². The third-order valence-corrected chi connectivity index (χ3v) is 0. The van der Waals surface area contributed by atoms with Crippen molar-refractivity contribution in [3.05, 3.63) is 0 Å². The second-order valence-electron chi connectivity index (χ2n) is 2.89. The Bertz CT molecular complexity index is 80.0. The normalized spacial score (nSPS) is 5.45. The molecular formula is C20H50HfMgO10Ti. The largest absolute Gasteiger partial charge is 4.00 e. The van der Waals surface area contributed by atoms with Gasteiger partial charge in [0.2, 0.25) is 0 Å². The summed E-state index contributed by atoms with van der Waals surface area (Å²) in [4.78, 5) is 0. The molecule has 0 bridgehead atoms. The molecule has 0 aromatic rings. The van der Waals surface area contributed by atoms with Crippen molar-refractivity contribution < 1.29 is 98.6 Å². The maximum Gasteiger partial charge on any atom is 4.00 e. The minimum absolute atomic E-state index is 0. The summed E-state index contributed by atoms with van der Waals surface area (Å²) in [7, 11) is 0. The summed E-state index contributed by atoms with van der Waals surface area (Å²) in [5, 5.41) is 89.3. The Hall–Kier alpha value is 1.95. The maximum atomic E-state index is 8.93. The summed E-state index contributed by atoms with van der Waals surface area (Å²) in [6, 6.07) is 0. The zero-order chi connectivity index (χ0) is 27.1. The van der Waals surface area contributed by atoms with Crippen molar-refractivity contribution in [3.63, 3.8) is 0 Å². The molecule has 200 valence electrons. The molecule has 0 heterocycles. The molecule has 0 aliphatic heterocycles. The van der Waals surface area contributed by atoms with Gasteiger partial charge >= 0.3 is 70.6 Å². The zero-order valence-electron chi connectivity index (χ0n) is 22.9. The van der Waals surface area contributed by atoms with E-state index < -0.39 is 0 Å². The molecular weight excluding hydrogens is 651 g/mol. The van der Waals surface area contributed by atoms with Crippen LogP contribution in [0.4, 0.5) is 0 Å². The zero-order valence-corrected chi connectivity index (χ0v) is 29.4. The van der Waals surface area contributed by atoms with E-state index in [1.165, 1.54) is 0 Å². The van der Waals surface area contributed by atoms with E-state index >= 15 is 0 Å². The fourth-order valence-electron chi connectivity index (χ4n) is 0. The topological polar surface area (TPSA) is 231 Å². The Morgan fingerprint density at radius 1 is 0.273 bits per heavy atom. The van der Waals surface area contributed by atoms with Crippen LogP contribution >= 0.6 is 0 Å². The van der Waals surface area contributed by atoms with Gasteiger partial charge < -0.3 is 51.1 Å². The van der Waals surface area contributed by atoms with Crippen LogP contribution in [0.3, 0.4) is 0 Å². The molecule has 0 amide bonds. The molecule has 0 saturated heterocycles. The van der Waals surface area contributed by atoms with Gasteiger partial charge in [-0.1, -0.05) is 69.2 Å². The van der Waals surface area contributed by atoms with Crippen molar-refractivity contribution in [2.24, 2.45) is 0 Å². The van der Waals surface area contributed by atoms with E-state index in [0.717, 1.165) is 0 Å². The van der Waals surface area contributed by atoms with Crippen LogP contribution in [0.2, 0.25) is 0 Å². The Balaban J connectivity index is -0.0000000121. The first-order valence-corrected chi connectivity index (χ1v) is 9.96. The van der Waals surface area contributed by atoms with Gasteiger partial charge in [0.25, 0.3) is 0 Å². The molecule has 0 fully saturated rings. The van der Waals surface area contributed by atoms with E-state index in [4.69, 9.17) is 51.1 Å². The Morgan fingerprint density at radius 3 is 0.273 bits per heavy atom. The molecule has 0 N–H and O–H groups in total. The predicted molar refractivity (Wildman–Crippen MR) is 111 cm³/mol. The third-order valence-electron chi connectivity index (χ3n) is 0. The van der Waals surface area contributed by atoms with Crippen molar-refractivity contribution in [1.29, 1.82) is 0 Å². The first-order valence-electron chi connectivity index (χ1n) is 9.96. The second kappa shape index (κ2) is 258. The number of hydrogen-bond donors (Lipinski definition) is 0. The van der Waals surface area contributed by atoms with Gasteiger partial charge in [-0.2, -0.15) is 0 Å². The van der Waals surface area contributed by atoms with Crippen molar-refractivity contribution in [1.82, 2.24) is 0 Å². The Kier molecular flexibility index (Phi) is 654. The smallest absolute Gasteiger partial charge is 0.855 e. The first-order chi connectivity index (χ1) is 14.1. The van der Waals surface area contributed by atoms with E-state index in [1.54, 1.807) is 69.2 Å². The van der Waals surface area contributed by atoms with Gasteiger partial charge in [-0.25, -0.2) is 0 Å². The molecule has 0 radical (unpaired) electrons. The fraction of sp³-hybridized carbons (Fsp3) is 1.00. The van der Waals surface area contributed by atoms with E-state index in [-0.39, 0.29) is 137 Å². The molecule has 0 aliphatic rings. The van der Waals surface area contributed by atoms with E-state index in [1.807, 2.05) is 0 Å². The van der Waals surface area contributed by atoms with Gasteiger partial charge in [0.1, 0.15) is 0 Å². The quantitative estimate of drug-likeness (QED) is 0.217. The summed E-state index contributed by atoms with van der Waals surface area (Å²) in [5.41, 5.74) is 0. The summed E-state index contributed by atoms with van der Waals surface area (Å²) in [6.07, 6.45) is 0. The van der Waals surface area contributed by atoms with Crippen LogP contribution in [0.5, 0.6) is 0 Å². The molecule has 13 heteroatoms. The van der Waals surface area contributed by atoms with Crippen molar-refractivity contribution in [3.8, 4) is 0 Å². The summed E-state index contributed by atoms with van der Waals surface area (Å²) in [5.74, 6) is 0. The van der Waals surface area contributed by atoms with Crippen LogP contribution in [0.25, 0.3) is 0 Å². The number of rotatable bonds is 0. The molecule has 33 heavy (non-hydrogen) atoms. The van der Waals surface area contributed by atoms with Crippen LogP contribution < -0.4 is 51.1 Å². The van der Waals surface area contributed by atoms with Gasteiger partial charge in [0.15, 0.2) is 0 Å².